The first-order valence-electron chi connectivity index (χ1n) is 6.75. The van der Waals surface area contributed by atoms with Crippen molar-refractivity contribution >= 4 is 28.9 Å². The molecule has 1 aliphatic heterocycles. The maximum atomic E-state index is 12.8. The van der Waals surface area contributed by atoms with E-state index in [1.165, 1.54) is 0 Å². The lowest BCUT2D eigenvalue weighted by Crippen LogP contribution is -2.31. The zero-order valence-corrected chi connectivity index (χ0v) is 12.1. The number of para-hydroxylation sites is 2. The third kappa shape index (κ3) is 2.67. The van der Waals surface area contributed by atoms with Crippen molar-refractivity contribution in [3.05, 3.63) is 53.1 Å². The van der Waals surface area contributed by atoms with Gasteiger partial charge >= 0.3 is 0 Å². The molecule has 0 aromatic heterocycles. The summed E-state index contributed by atoms with van der Waals surface area (Å²) in [6.07, 6.45) is 0.771. The second kappa shape index (κ2) is 5.66. The summed E-state index contributed by atoms with van der Waals surface area (Å²) in [5.74, 6) is 0.577. The van der Waals surface area contributed by atoms with Crippen LogP contribution in [0.5, 0.6) is 5.75 Å². The Hall–Kier alpha value is -2.20. The number of anilines is 2. The summed E-state index contributed by atoms with van der Waals surface area (Å²) >= 11 is 6.15. The summed E-state index contributed by atoms with van der Waals surface area (Å²) in [6, 6.07) is 12.5. The molecule has 0 unspecified atom stereocenters. The van der Waals surface area contributed by atoms with Crippen molar-refractivity contribution < 1.29 is 9.53 Å². The lowest BCUT2D eigenvalue weighted by atomic mass is 10.1. The first kappa shape index (κ1) is 13.8. The van der Waals surface area contributed by atoms with Gasteiger partial charge in [-0.25, -0.2) is 0 Å². The monoisotopic (exact) mass is 302 g/mol. The van der Waals surface area contributed by atoms with Gasteiger partial charge in [0, 0.05) is 12.2 Å². The van der Waals surface area contributed by atoms with E-state index in [9.17, 15) is 4.79 Å². The normalized spacial score (nSPS) is 14.0. The summed E-state index contributed by atoms with van der Waals surface area (Å²) in [7, 11) is 0. The lowest BCUT2D eigenvalue weighted by Gasteiger charge is -2.22. The first-order valence-corrected chi connectivity index (χ1v) is 7.13. The fraction of sp³-hybridized carbons (Fsp3) is 0.188. The highest BCUT2D eigenvalue weighted by atomic mass is 35.5. The summed E-state index contributed by atoms with van der Waals surface area (Å²) in [5, 5.41) is 0.364. The Morgan fingerprint density at radius 1 is 1.24 bits per heavy atom. The number of carbonyl (C=O) groups excluding carboxylic acids is 1. The molecule has 1 heterocycles. The van der Waals surface area contributed by atoms with Crippen molar-refractivity contribution in [3.8, 4) is 5.75 Å². The Kier molecular flexibility index (Phi) is 3.71. The van der Waals surface area contributed by atoms with E-state index >= 15 is 0 Å². The van der Waals surface area contributed by atoms with E-state index in [0.29, 0.717) is 29.4 Å². The predicted octanol–water partition coefficient (Wildman–Crippen LogP) is 3.35. The molecule has 2 N–H and O–H groups in total. The summed E-state index contributed by atoms with van der Waals surface area (Å²) in [5.41, 5.74) is 7.43. The molecule has 21 heavy (non-hydrogen) atoms. The molecule has 0 bridgehead atoms. The van der Waals surface area contributed by atoms with Crippen LogP contribution in [0.4, 0.5) is 11.4 Å². The van der Waals surface area contributed by atoms with E-state index in [1.807, 2.05) is 24.3 Å². The number of hydrogen-bond donors (Lipinski definition) is 1. The van der Waals surface area contributed by atoms with Gasteiger partial charge in [-0.2, -0.15) is 0 Å². The Balaban J connectivity index is 2.01. The molecule has 1 amide bonds. The van der Waals surface area contributed by atoms with Crippen LogP contribution in [-0.4, -0.2) is 19.1 Å². The average Bonchev–Trinajstić information content (AvgIpc) is 2.69. The van der Waals surface area contributed by atoms with Crippen LogP contribution in [0.1, 0.15) is 16.8 Å². The highest BCUT2D eigenvalue weighted by Gasteiger charge is 2.24. The molecule has 3 rings (SSSR count). The minimum atomic E-state index is -0.141. The second-order valence-electron chi connectivity index (χ2n) is 4.87. The van der Waals surface area contributed by atoms with Crippen LogP contribution in [0.2, 0.25) is 5.02 Å². The number of amides is 1. The number of nitrogen functional groups attached to an aromatic ring is 1. The van der Waals surface area contributed by atoms with Crippen LogP contribution < -0.4 is 15.4 Å². The highest BCUT2D eigenvalue weighted by molar-refractivity contribution is 6.34. The third-order valence-electron chi connectivity index (χ3n) is 3.41. The van der Waals surface area contributed by atoms with Crippen LogP contribution in [0.25, 0.3) is 0 Å². The average molecular weight is 303 g/mol. The number of nitrogens with zero attached hydrogens (tertiary/aromatic N) is 1. The minimum absolute atomic E-state index is 0.141. The van der Waals surface area contributed by atoms with E-state index in [-0.39, 0.29) is 5.91 Å². The van der Waals surface area contributed by atoms with Crippen molar-refractivity contribution in [2.24, 2.45) is 0 Å². The maximum absolute atomic E-state index is 12.8. The molecule has 1 aliphatic rings. The molecular formula is C16H15ClN2O2. The number of benzene rings is 2. The number of fused-ring (bicyclic) bond motifs is 1. The van der Waals surface area contributed by atoms with Crippen molar-refractivity contribution in [1.29, 1.82) is 0 Å². The van der Waals surface area contributed by atoms with Gasteiger partial charge in [-0.3, -0.25) is 4.79 Å². The van der Waals surface area contributed by atoms with Gasteiger partial charge in [0.15, 0.2) is 0 Å². The standard InChI is InChI=1S/C16H15ClN2O2/c17-13-10-11(18)6-7-12(13)16(20)19-8-3-9-21-15-5-2-1-4-14(15)19/h1-2,4-7,10H,3,8-9,18H2. The molecule has 0 aliphatic carbocycles. The third-order valence-corrected chi connectivity index (χ3v) is 3.72. The summed E-state index contributed by atoms with van der Waals surface area (Å²) < 4.78 is 5.67. The number of carbonyl (C=O) groups is 1. The smallest absolute Gasteiger partial charge is 0.259 e. The SMILES string of the molecule is Nc1ccc(C(=O)N2CCCOc3ccccc32)c(Cl)c1. The van der Waals surface area contributed by atoms with Gasteiger partial charge in [0.25, 0.3) is 5.91 Å². The largest absolute Gasteiger partial charge is 0.491 e. The van der Waals surface area contributed by atoms with Crippen LogP contribution in [0.15, 0.2) is 42.5 Å². The number of hydrogen-bond acceptors (Lipinski definition) is 3. The quantitative estimate of drug-likeness (QED) is 0.822. The zero-order valence-electron chi connectivity index (χ0n) is 11.4. The fourth-order valence-corrected chi connectivity index (χ4v) is 2.66. The van der Waals surface area contributed by atoms with E-state index in [2.05, 4.69) is 0 Å². The molecule has 0 radical (unpaired) electrons. The first-order chi connectivity index (χ1) is 10.2. The number of rotatable bonds is 1. The molecule has 0 atom stereocenters. The molecular weight excluding hydrogens is 288 g/mol. The maximum Gasteiger partial charge on any atom is 0.259 e. The molecule has 0 spiro atoms. The fourth-order valence-electron chi connectivity index (χ4n) is 2.39. The number of nitrogens with two attached hydrogens (primary N) is 1. The highest BCUT2D eigenvalue weighted by Crippen LogP contribution is 2.32. The molecule has 4 nitrogen and oxygen atoms in total. The van der Waals surface area contributed by atoms with Crippen molar-refractivity contribution in [3.63, 3.8) is 0 Å². The molecule has 0 saturated heterocycles. The van der Waals surface area contributed by atoms with E-state index < -0.39 is 0 Å². The topological polar surface area (TPSA) is 55.6 Å². The van der Waals surface area contributed by atoms with Gasteiger partial charge < -0.3 is 15.4 Å². The summed E-state index contributed by atoms with van der Waals surface area (Å²) in [4.78, 5) is 14.5. The van der Waals surface area contributed by atoms with Crippen molar-refractivity contribution in [2.75, 3.05) is 23.8 Å². The minimum Gasteiger partial charge on any atom is -0.491 e. The molecule has 0 fully saturated rings. The predicted molar refractivity (Wildman–Crippen MR) is 84.1 cm³/mol. The molecule has 0 saturated carbocycles. The van der Waals surface area contributed by atoms with E-state index in [1.54, 1.807) is 23.1 Å². The summed E-state index contributed by atoms with van der Waals surface area (Å²) in [6.45, 7) is 1.19. The Labute approximate surface area is 128 Å². The van der Waals surface area contributed by atoms with Gasteiger partial charge in [-0.15, -0.1) is 0 Å². The van der Waals surface area contributed by atoms with Crippen molar-refractivity contribution in [2.45, 2.75) is 6.42 Å². The van der Waals surface area contributed by atoms with Gasteiger partial charge in [0.05, 0.1) is 22.9 Å². The van der Waals surface area contributed by atoms with Gasteiger partial charge in [0.1, 0.15) is 5.75 Å². The lowest BCUT2D eigenvalue weighted by molar-refractivity contribution is 0.0987. The number of ether oxygens (including phenoxy) is 1. The van der Waals surface area contributed by atoms with Gasteiger partial charge in [-0.05, 0) is 36.8 Å². The molecule has 2 aromatic carbocycles. The van der Waals surface area contributed by atoms with Crippen LogP contribution in [0, 0.1) is 0 Å². The van der Waals surface area contributed by atoms with Crippen LogP contribution >= 0.6 is 11.6 Å². The van der Waals surface area contributed by atoms with Crippen molar-refractivity contribution in [1.82, 2.24) is 0 Å². The molecule has 5 heteroatoms. The second-order valence-corrected chi connectivity index (χ2v) is 5.27. The van der Waals surface area contributed by atoms with E-state index in [4.69, 9.17) is 22.1 Å². The molecule has 2 aromatic rings. The van der Waals surface area contributed by atoms with Crippen LogP contribution in [0.3, 0.4) is 0 Å². The van der Waals surface area contributed by atoms with E-state index in [0.717, 1.165) is 17.9 Å². The van der Waals surface area contributed by atoms with Gasteiger partial charge in [0.2, 0.25) is 0 Å². The molecule has 108 valence electrons. The number of halogens is 1. The Morgan fingerprint density at radius 3 is 2.86 bits per heavy atom. The Bertz CT molecular complexity index is 688. The van der Waals surface area contributed by atoms with Crippen LogP contribution in [-0.2, 0) is 0 Å². The van der Waals surface area contributed by atoms with Gasteiger partial charge in [-0.1, -0.05) is 23.7 Å². The zero-order chi connectivity index (χ0) is 14.8. The Morgan fingerprint density at radius 2 is 2.05 bits per heavy atom.